The van der Waals surface area contributed by atoms with Gasteiger partial charge in [-0.15, -0.1) is 0 Å². The fraction of sp³-hybridized carbons (Fsp3) is 0.923. The lowest BCUT2D eigenvalue weighted by Gasteiger charge is -2.21. The Morgan fingerprint density at radius 1 is 1.20 bits per heavy atom. The Morgan fingerprint density at radius 3 is 2.20 bits per heavy atom. The van der Waals surface area contributed by atoms with Crippen LogP contribution in [0.25, 0.3) is 0 Å². The average Bonchev–Trinajstić information content (AvgIpc) is 3.09. The van der Waals surface area contributed by atoms with Gasteiger partial charge in [0, 0.05) is 19.0 Å². The van der Waals surface area contributed by atoms with Crippen molar-refractivity contribution in [1.82, 2.24) is 5.32 Å². The van der Waals surface area contributed by atoms with Crippen LogP contribution in [0.2, 0.25) is 0 Å². The molecule has 82 valence electrons. The van der Waals surface area contributed by atoms with E-state index in [0.29, 0.717) is 5.41 Å². The van der Waals surface area contributed by atoms with Crippen LogP contribution in [0.4, 0.5) is 0 Å². The number of rotatable bonds is 6. The zero-order valence-electron chi connectivity index (χ0n) is 9.34. The van der Waals surface area contributed by atoms with Crippen LogP contribution in [0, 0.1) is 28.6 Å². The highest BCUT2D eigenvalue weighted by molar-refractivity contribution is 5.03. The topological polar surface area (TPSA) is 35.8 Å². The van der Waals surface area contributed by atoms with Gasteiger partial charge >= 0.3 is 0 Å². The first-order valence-electron chi connectivity index (χ1n) is 6.43. The first-order valence-corrected chi connectivity index (χ1v) is 6.43. The fourth-order valence-corrected chi connectivity index (χ4v) is 2.72. The van der Waals surface area contributed by atoms with E-state index < -0.39 is 0 Å². The largest absolute Gasteiger partial charge is 0.313 e. The van der Waals surface area contributed by atoms with Crippen molar-refractivity contribution in [3.63, 3.8) is 0 Å². The lowest BCUT2D eigenvalue weighted by Crippen LogP contribution is -2.37. The molecule has 0 radical (unpaired) electrons. The van der Waals surface area contributed by atoms with Crippen molar-refractivity contribution >= 4 is 0 Å². The molecule has 3 rings (SSSR count). The highest BCUT2D eigenvalue weighted by atomic mass is 15.0. The summed E-state index contributed by atoms with van der Waals surface area (Å²) in [6, 6.07) is 3.15. The van der Waals surface area contributed by atoms with Gasteiger partial charge in [0.2, 0.25) is 0 Å². The van der Waals surface area contributed by atoms with Crippen LogP contribution in [-0.2, 0) is 0 Å². The SMILES string of the molecule is N#CCC1(CNC(C2CC2)C2CC2)CC1. The first kappa shape index (κ1) is 9.66. The Hall–Kier alpha value is -0.550. The molecule has 3 saturated carbocycles. The Morgan fingerprint density at radius 2 is 1.80 bits per heavy atom. The standard InChI is InChI=1S/C13H20N2/c14-8-7-13(5-6-13)9-15-12(10-1-2-10)11-3-4-11/h10-12,15H,1-7,9H2. The molecule has 0 unspecified atom stereocenters. The van der Waals surface area contributed by atoms with Gasteiger partial charge in [0.25, 0.3) is 0 Å². The van der Waals surface area contributed by atoms with Crippen LogP contribution in [0.1, 0.15) is 44.9 Å². The van der Waals surface area contributed by atoms with Crippen LogP contribution >= 0.6 is 0 Å². The lowest BCUT2D eigenvalue weighted by molar-refractivity contribution is 0.362. The minimum absolute atomic E-state index is 0.386. The number of nitrogens with zero attached hydrogens (tertiary/aromatic N) is 1. The maximum Gasteiger partial charge on any atom is 0.0628 e. The first-order chi connectivity index (χ1) is 7.33. The van der Waals surface area contributed by atoms with Crippen LogP contribution in [0.15, 0.2) is 0 Å². The minimum Gasteiger partial charge on any atom is -0.313 e. The summed E-state index contributed by atoms with van der Waals surface area (Å²) in [6.45, 7) is 1.11. The molecule has 0 aromatic heterocycles. The number of nitriles is 1. The van der Waals surface area contributed by atoms with Crippen LogP contribution in [-0.4, -0.2) is 12.6 Å². The quantitative estimate of drug-likeness (QED) is 0.721. The third kappa shape index (κ3) is 2.18. The molecule has 15 heavy (non-hydrogen) atoms. The van der Waals surface area contributed by atoms with Crippen molar-refractivity contribution in [3.05, 3.63) is 0 Å². The van der Waals surface area contributed by atoms with Gasteiger partial charge in [-0.25, -0.2) is 0 Å². The second-order valence-electron chi connectivity index (χ2n) is 5.92. The Balaban J connectivity index is 1.49. The second kappa shape index (κ2) is 3.49. The van der Waals surface area contributed by atoms with E-state index in [1.54, 1.807) is 0 Å². The summed E-state index contributed by atoms with van der Waals surface area (Å²) in [7, 11) is 0. The van der Waals surface area contributed by atoms with E-state index in [0.717, 1.165) is 30.8 Å². The fourth-order valence-electron chi connectivity index (χ4n) is 2.72. The summed E-state index contributed by atoms with van der Waals surface area (Å²) < 4.78 is 0. The van der Waals surface area contributed by atoms with Crippen LogP contribution in [0.3, 0.4) is 0 Å². The minimum atomic E-state index is 0.386. The van der Waals surface area contributed by atoms with E-state index in [9.17, 15) is 0 Å². The molecule has 0 heterocycles. The monoisotopic (exact) mass is 204 g/mol. The molecule has 0 amide bonds. The molecule has 0 bridgehead atoms. The third-order valence-electron chi connectivity index (χ3n) is 4.38. The predicted molar refractivity (Wildman–Crippen MR) is 59.1 cm³/mol. The van der Waals surface area contributed by atoms with Gasteiger partial charge in [-0.05, 0) is 55.8 Å². The Kier molecular flexibility index (Phi) is 2.25. The Labute approximate surface area is 92.0 Å². The van der Waals surface area contributed by atoms with Gasteiger partial charge in [-0.1, -0.05) is 0 Å². The van der Waals surface area contributed by atoms with Crippen molar-refractivity contribution in [3.8, 4) is 6.07 Å². The highest BCUT2D eigenvalue weighted by Crippen LogP contribution is 2.49. The van der Waals surface area contributed by atoms with Crippen molar-refractivity contribution in [2.45, 2.75) is 51.0 Å². The summed E-state index contributed by atoms with van der Waals surface area (Å²) in [5, 5.41) is 12.6. The van der Waals surface area contributed by atoms with Gasteiger partial charge in [-0.3, -0.25) is 0 Å². The number of nitrogens with one attached hydrogen (secondary N) is 1. The normalized spacial score (nSPS) is 27.7. The molecule has 0 aromatic carbocycles. The molecule has 2 nitrogen and oxygen atoms in total. The third-order valence-corrected chi connectivity index (χ3v) is 4.38. The summed E-state index contributed by atoms with van der Waals surface area (Å²) in [6.07, 6.45) is 9.09. The van der Waals surface area contributed by atoms with Crippen molar-refractivity contribution in [1.29, 1.82) is 5.26 Å². The van der Waals surface area contributed by atoms with Crippen molar-refractivity contribution in [2.75, 3.05) is 6.54 Å². The van der Waals surface area contributed by atoms with E-state index in [1.807, 2.05) is 0 Å². The summed E-state index contributed by atoms with van der Waals surface area (Å²) in [5.41, 5.74) is 0.386. The second-order valence-corrected chi connectivity index (χ2v) is 5.92. The molecule has 0 atom stereocenters. The summed E-state index contributed by atoms with van der Waals surface area (Å²) >= 11 is 0. The van der Waals surface area contributed by atoms with Crippen LogP contribution in [0.5, 0.6) is 0 Å². The summed E-state index contributed by atoms with van der Waals surface area (Å²) in [5.74, 6) is 1.96. The molecule has 3 aliphatic carbocycles. The number of hydrogen-bond donors (Lipinski definition) is 1. The van der Waals surface area contributed by atoms with E-state index in [4.69, 9.17) is 5.26 Å². The molecule has 3 fully saturated rings. The molecule has 0 spiro atoms. The zero-order valence-corrected chi connectivity index (χ0v) is 9.34. The smallest absolute Gasteiger partial charge is 0.0628 e. The molecule has 2 heteroatoms. The average molecular weight is 204 g/mol. The number of hydrogen-bond acceptors (Lipinski definition) is 2. The molecule has 0 saturated heterocycles. The molecule has 0 aromatic rings. The zero-order chi connectivity index (χ0) is 10.3. The highest BCUT2D eigenvalue weighted by Gasteiger charge is 2.46. The Bertz CT molecular complexity index is 267. The van der Waals surface area contributed by atoms with Gasteiger partial charge in [0.15, 0.2) is 0 Å². The molecule has 0 aliphatic heterocycles. The van der Waals surface area contributed by atoms with E-state index in [1.165, 1.54) is 38.5 Å². The van der Waals surface area contributed by atoms with Gasteiger partial charge in [-0.2, -0.15) is 5.26 Å². The van der Waals surface area contributed by atoms with E-state index >= 15 is 0 Å². The summed E-state index contributed by atoms with van der Waals surface area (Å²) in [4.78, 5) is 0. The molecule has 1 N–H and O–H groups in total. The maximum absolute atomic E-state index is 8.77. The van der Waals surface area contributed by atoms with Crippen molar-refractivity contribution < 1.29 is 0 Å². The predicted octanol–water partition coefficient (Wildman–Crippen LogP) is 2.46. The van der Waals surface area contributed by atoms with Crippen LogP contribution < -0.4 is 5.32 Å². The molecular weight excluding hydrogens is 184 g/mol. The maximum atomic E-state index is 8.77. The van der Waals surface area contributed by atoms with E-state index in [-0.39, 0.29) is 0 Å². The molecular formula is C13H20N2. The van der Waals surface area contributed by atoms with Gasteiger partial charge in [0.05, 0.1) is 6.07 Å². The molecule has 3 aliphatic rings. The van der Waals surface area contributed by atoms with Gasteiger partial charge in [0.1, 0.15) is 0 Å². The van der Waals surface area contributed by atoms with E-state index in [2.05, 4.69) is 11.4 Å². The lowest BCUT2D eigenvalue weighted by atomic mass is 10.0. The van der Waals surface area contributed by atoms with Gasteiger partial charge < -0.3 is 5.32 Å². The van der Waals surface area contributed by atoms with Crippen molar-refractivity contribution in [2.24, 2.45) is 17.3 Å².